The molecule has 11 heteroatoms. The highest BCUT2D eigenvalue weighted by atomic mass is 32.2. The fraction of sp³-hybridized carbons (Fsp3) is 0.435. The van der Waals surface area contributed by atoms with Crippen molar-refractivity contribution in [2.24, 2.45) is 14.1 Å². The number of hydrogen-bond acceptors (Lipinski definition) is 8. The number of carbonyl (C=O) groups excluding carboxylic acids is 1. The molecule has 0 saturated heterocycles. The van der Waals surface area contributed by atoms with E-state index in [1.54, 1.807) is 6.92 Å². The molecular formula is C23H31N7O3S. The lowest BCUT2D eigenvalue weighted by Gasteiger charge is -2.23. The zero-order chi connectivity index (χ0) is 25.2. The summed E-state index contributed by atoms with van der Waals surface area (Å²) in [4.78, 5) is 40.2. The first-order valence-electron chi connectivity index (χ1n) is 11.0. The summed E-state index contributed by atoms with van der Waals surface area (Å²) in [5, 5.41) is 8.76. The summed E-state index contributed by atoms with van der Waals surface area (Å²) in [7, 11) is 6.74. The summed E-state index contributed by atoms with van der Waals surface area (Å²) in [5.74, 6) is 0.195. The Balaban J connectivity index is 2.01. The van der Waals surface area contributed by atoms with E-state index < -0.39 is 22.3 Å². The largest absolute Gasteiger partial charge is 0.384 e. The molecule has 0 unspecified atom stereocenters. The molecule has 182 valence electrons. The van der Waals surface area contributed by atoms with Crippen LogP contribution in [0.3, 0.4) is 0 Å². The number of nitrogens with zero attached hydrogens (tertiary/aromatic N) is 6. The van der Waals surface area contributed by atoms with Gasteiger partial charge in [-0.3, -0.25) is 23.6 Å². The van der Waals surface area contributed by atoms with E-state index in [1.807, 2.05) is 49.0 Å². The smallest absolute Gasteiger partial charge is 0.332 e. The fourth-order valence-electron chi connectivity index (χ4n) is 3.83. The average molecular weight is 486 g/mol. The SMILES string of the molecule is CC[C@@H](c1nnc(S[C@@H](C)C(=O)c2c(N)n(C)c(=O)n(C)c2=O)n1Cc1ccccc1)N(C)C. The number of nitrogens with two attached hydrogens (primary N) is 1. The van der Waals surface area contributed by atoms with Crippen molar-refractivity contribution in [3.05, 3.63) is 68.1 Å². The molecule has 0 aliphatic rings. The zero-order valence-corrected chi connectivity index (χ0v) is 21.2. The van der Waals surface area contributed by atoms with Gasteiger partial charge < -0.3 is 10.3 Å². The third-order valence-corrected chi connectivity index (χ3v) is 6.93. The lowest BCUT2D eigenvalue weighted by Crippen LogP contribution is -2.42. The molecule has 3 aromatic rings. The zero-order valence-electron chi connectivity index (χ0n) is 20.3. The molecule has 0 fully saturated rings. The van der Waals surface area contributed by atoms with E-state index in [1.165, 1.54) is 25.9 Å². The van der Waals surface area contributed by atoms with Gasteiger partial charge in [-0.15, -0.1) is 10.2 Å². The van der Waals surface area contributed by atoms with E-state index in [-0.39, 0.29) is 17.4 Å². The minimum absolute atomic E-state index is 0.0446. The van der Waals surface area contributed by atoms with Crippen molar-refractivity contribution < 1.29 is 4.79 Å². The molecule has 0 saturated carbocycles. The van der Waals surface area contributed by atoms with Gasteiger partial charge in [-0.25, -0.2) is 4.79 Å². The molecule has 2 aromatic heterocycles. The topological polar surface area (TPSA) is 121 Å². The number of anilines is 1. The Kier molecular flexibility index (Phi) is 7.78. The van der Waals surface area contributed by atoms with E-state index in [9.17, 15) is 14.4 Å². The van der Waals surface area contributed by atoms with Crippen LogP contribution in [0.4, 0.5) is 5.82 Å². The van der Waals surface area contributed by atoms with E-state index in [0.29, 0.717) is 11.7 Å². The number of aromatic nitrogens is 5. The van der Waals surface area contributed by atoms with Crippen LogP contribution >= 0.6 is 11.8 Å². The predicted octanol–water partition coefficient (Wildman–Crippen LogP) is 1.68. The Hall–Kier alpha value is -3.18. The van der Waals surface area contributed by atoms with Crippen LogP contribution in [0.25, 0.3) is 0 Å². The minimum Gasteiger partial charge on any atom is -0.384 e. The monoisotopic (exact) mass is 485 g/mol. The number of hydrogen-bond donors (Lipinski definition) is 1. The Bertz CT molecular complexity index is 1290. The van der Waals surface area contributed by atoms with Gasteiger partial charge >= 0.3 is 5.69 Å². The summed E-state index contributed by atoms with van der Waals surface area (Å²) < 4.78 is 4.00. The molecule has 0 aliphatic heterocycles. The molecule has 10 nitrogen and oxygen atoms in total. The van der Waals surface area contributed by atoms with Gasteiger partial charge in [0.05, 0.1) is 17.8 Å². The number of ketones is 1. The fourth-order valence-corrected chi connectivity index (χ4v) is 4.75. The number of nitrogen functional groups attached to an aromatic ring is 1. The maximum Gasteiger partial charge on any atom is 0.332 e. The number of carbonyl (C=O) groups is 1. The standard InChI is InChI=1S/C23H31N7O3S/c1-7-16(27(3)4)20-25-26-22(30(20)13-15-11-9-8-10-12-15)34-14(2)18(31)17-19(24)28(5)23(33)29(6)21(17)32/h8-12,14,16H,7,13,24H2,1-6H3/t14-,16-/m0/s1. The predicted molar refractivity (Wildman–Crippen MR) is 133 cm³/mol. The van der Waals surface area contributed by atoms with Crippen molar-refractivity contribution in [3.63, 3.8) is 0 Å². The Morgan fingerprint density at radius 1 is 1.12 bits per heavy atom. The van der Waals surface area contributed by atoms with Crippen LogP contribution in [0.15, 0.2) is 45.1 Å². The van der Waals surface area contributed by atoms with E-state index >= 15 is 0 Å². The van der Waals surface area contributed by atoms with Gasteiger partial charge in [-0.1, -0.05) is 49.0 Å². The molecule has 3 rings (SSSR count). The molecule has 2 heterocycles. The van der Waals surface area contributed by atoms with Crippen LogP contribution in [-0.4, -0.2) is 53.9 Å². The number of thioether (sulfide) groups is 1. The minimum atomic E-state index is -0.705. The molecule has 0 bridgehead atoms. The second-order valence-electron chi connectivity index (χ2n) is 8.39. The van der Waals surface area contributed by atoms with Gasteiger partial charge in [-0.05, 0) is 33.0 Å². The second-order valence-corrected chi connectivity index (χ2v) is 9.70. The maximum absolute atomic E-state index is 13.3. The van der Waals surface area contributed by atoms with Crippen molar-refractivity contribution in [2.45, 2.75) is 43.3 Å². The summed E-state index contributed by atoms with van der Waals surface area (Å²) in [6, 6.07) is 10.00. The highest BCUT2D eigenvalue weighted by molar-refractivity contribution is 8.00. The van der Waals surface area contributed by atoms with Gasteiger partial charge in [-0.2, -0.15) is 0 Å². The molecule has 1 aromatic carbocycles. The van der Waals surface area contributed by atoms with Crippen molar-refractivity contribution >= 4 is 23.4 Å². The van der Waals surface area contributed by atoms with Crippen LogP contribution in [0.5, 0.6) is 0 Å². The van der Waals surface area contributed by atoms with Crippen molar-refractivity contribution in [1.82, 2.24) is 28.8 Å². The number of Topliss-reactive ketones (excluding diaryl/α,β-unsaturated/α-hetero) is 1. The van der Waals surface area contributed by atoms with Crippen molar-refractivity contribution in [1.29, 1.82) is 0 Å². The first-order valence-corrected chi connectivity index (χ1v) is 11.9. The molecule has 2 N–H and O–H groups in total. The molecule has 2 atom stereocenters. The molecule has 34 heavy (non-hydrogen) atoms. The normalized spacial score (nSPS) is 13.3. The lowest BCUT2D eigenvalue weighted by atomic mass is 10.1. The molecule has 0 radical (unpaired) electrons. The summed E-state index contributed by atoms with van der Waals surface area (Å²) in [5.41, 5.74) is 5.59. The van der Waals surface area contributed by atoms with Crippen molar-refractivity contribution in [2.75, 3.05) is 19.8 Å². The summed E-state index contributed by atoms with van der Waals surface area (Å²) in [6.07, 6.45) is 0.837. The maximum atomic E-state index is 13.3. The van der Waals surface area contributed by atoms with Crippen LogP contribution < -0.4 is 17.0 Å². The molecule has 0 aliphatic carbocycles. The molecular weight excluding hydrogens is 454 g/mol. The van der Waals surface area contributed by atoms with Crippen LogP contribution in [0.1, 0.15) is 48.1 Å². The van der Waals surface area contributed by atoms with Gasteiger partial charge in [0.25, 0.3) is 5.56 Å². The van der Waals surface area contributed by atoms with Crippen molar-refractivity contribution in [3.8, 4) is 0 Å². The van der Waals surface area contributed by atoms with Gasteiger partial charge in [0, 0.05) is 14.1 Å². The quantitative estimate of drug-likeness (QED) is 0.359. The van der Waals surface area contributed by atoms with Gasteiger partial charge in [0.1, 0.15) is 11.4 Å². The summed E-state index contributed by atoms with van der Waals surface area (Å²) >= 11 is 1.22. The highest BCUT2D eigenvalue weighted by Crippen LogP contribution is 2.29. The number of rotatable bonds is 9. The van der Waals surface area contributed by atoms with Gasteiger partial charge in [0.15, 0.2) is 16.8 Å². The number of benzene rings is 1. The van der Waals surface area contributed by atoms with E-state index in [0.717, 1.165) is 26.9 Å². The van der Waals surface area contributed by atoms with Crippen LogP contribution in [0, 0.1) is 0 Å². The Morgan fingerprint density at radius 2 is 1.76 bits per heavy atom. The van der Waals surface area contributed by atoms with Gasteiger partial charge in [0.2, 0.25) is 0 Å². The molecule has 0 amide bonds. The summed E-state index contributed by atoms with van der Waals surface area (Å²) in [6.45, 7) is 4.32. The van der Waals surface area contributed by atoms with E-state index in [4.69, 9.17) is 5.73 Å². The van der Waals surface area contributed by atoms with Crippen LogP contribution in [0.2, 0.25) is 0 Å². The van der Waals surface area contributed by atoms with E-state index in [2.05, 4.69) is 22.0 Å². The molecule has 0 spiro atoms. The third-order valence-electron chi connectivity index (χ3n) is 5.84. The lowest BCUT2D eigenvalue weighted by molar-refractivity contribution is 0.0992. The first-order chi connectivity index (χ1) is 16.1. The van der Waals surface area contributed by atoms with Crippen LogP contribution in [-0.2, 0) is 20.6 Å². The average Bonchev–Trinajstić information content (AvgIpc) is 3.18. The highest BCUT2D eigenvalue weighted by Gasteiger charge is 2.28. The first kappa shape index (κ1) is 25.4. The third kappa shape index (κ3) is 4.85. The Labute approximate surface area is 202 Å². The second kappa shape index (κ2) is 10.4. The Morgan fingerprint density at radius 3 is 2.35 bits per heavy atom.